The number of fused-ring (bicyclic) bond motifs is 1. The highest BCUT2D eigenvalue weighted by Gasteiger charge is 2.26. The van der Waals surface area contributed by atoms with Gasteiger partial charge in [-0.25, -0.2) is 14.6 Å². The van der Waals surface area contributed by atoms with Gasteiger partial charge in [-0.3, -0.25) is 14.5 Å². The molecule has 9 heteroatoms. The van der Waals surface area contributed by atoms with Crippen molar-refractivity contribution < 1.29 is 0 Å². The topological polar surface area (TPSA) is 97.5 Å². The minimum Gasteiger partial charge on any atom is -0.338 e. The minimum atomic E-state index is -0.230. The van der Waals surface area contributed by atoms with E-state index in [9.17, 15) is 4.79 Å². The standard InChI is InChI=1S/C23H30N8O/c1-15(2)11-30(12-16-8-7-9-17(10-16)31-14-24-13-25-31)22-26-18-19(21(32)27-22)29(6)28-20(18)23(3,4)5/h7-10,13-15H,11-12H2,1-6H3,(H,26,27,32). The molecule has 0 amide bonds. The van der Waals surface area contributed by atoms with Crippen molar-refractivity contribution in [1.29, 1.82) is 0 Å². The lowest BCUT2D eigenvalue weighted by Crippen LogP contribution is -2.31. The average molecular weight is 435 g/mol. The van der Waals surface area contributed by atoms with Crippen LogP contribution in [-0.4, -0.2) is 41.1 Å². The van der Waals surface area contributed by atoms with Crippen molar-refractivity contribution in [3.8, 4) is 5.69 Å². The van der Waals surface area contributed by atoms with E-state index in [1.807, 2.05) is 12.1 Å². The van der Waals surface area contributed by atoms with E-state index >= 15 is 0 Å². The lowest BCUT2D eigenvalue weighted by Gasteiger charge is -2.25. The Kier molecular flexibility index (Phi) is 5.58. The number of hydrogen-bond acceptors (Lipinski definition) is 6. The van der Waals surface area contributed by atoms with Gasteiger partial charge in [-0.2, -0.15) is 10.2 Å². The average Bonchev–Trinajstić information content (AvgIpc) is 3.35. The molecule has 1 N–H and O–H groups in total. The second-order valence-corrected chi connectivity index (χ2v) is 9.59. The molecule has 0 saturated heterocycles. The quantitative estimate of drug-likeness (QED) is 0.500. The number of aryl methyl sites for hydroxylation is 1. The summed E-state index contributed by atoms with van der Waals surface area (Å²) in [6, 6.07) is 8.12. The summed E-state index contributed by atoms with van der Waals surface area (Å²) >= 11 is 0. The molecular weight excluding hydrogens is 404 g/mol. The predicted molar refractivity (Wildman–Crippen MR) is 125 cm³/mol. The molecule has 0 fully saturated rings. The van der Waals surface area contributed by atoms with Crippen molar-refractivity contribution in [2.75, 3.05) is 11.4 Å². The van der Waals surface area contributed by atoms with Crippen molar-refractivity contribution in [3.63, 3.8) is 0 Å². The van der Waals surface area contributed by atoms with Crippen LogP contribution >= 0.6 is 0 Å². The van der Waals surface area contributed by atoms with Gasteiger partial charge < -0.3 is 4.90 Å². The predicted octanol–water partition coefficient (Wildman–Crippen LogP) is 3.20. The summed E-state index contributed by atoms with van der Waals surface area (Å²) in [4.78, 5) is 27.1. The van der Waals surface area contributed by atoms with Crippen LogP contribution < -0.4 is 10.5 Å². The maximum atomic E-state index is 13.0. The van der Waals surface area contributed by atoms with Crippen LogP contribution in [0.2, 0.25) is 0 Å². The number of aromatic nitrogens is 7. The van der Waals surface area contributed by atoms with Crippen molar-refractivity contribution in [3.05, 3.63) is 58.5 Å². The Labute approximate surface area is 187 Å². The molecule has 32 heavy (non-hydrogen) atoms. The summed E-state index contributed by atoms with van der Waals surface area (Å²) in [5.74, 6) is 0.936. The normalized spacial score (nSPS) is 12.1. The number of rotatable bonds is 6. The molecule has 4 aromatic rings. The molecule has 4 rings (SSSR count). The Morgan fingerprint density at radius 1 is 1.22 bits per heavy atom. The van der Waals surface area contributed by atoms with E-state index < -0.39 is 0 Å². The van der Waals surface area contributed by atoms with Crippen LogP contribution in [0, 0.1) is 5.92 Å². The van der Waals surface area contributed by atoms with Gasteiger partial charge in [0.1, 0.15) is 18.2 Å². The molecule has 0 saturated carbocycles. The van der Waals surface area contributed by atoms with E-state index in [0.29, 0.717) is 29.4 Å². The number of hydrogen-bond donors (Lipinski definition) is 1. The smallest absolute Gasteiger partial charge is 0.278 e. The summed E-state index contributed by atoms with van der Waals surface area (Å²) in [7, 11) is 1.79. The number of nitrogens with one attached hydrogen (secondary N) is 1. The van der Waals surface area contributed by atoms with E-state index in [1.54, 1.807) is 22.7 Å². The van der Waals surface area contributed by atoms with Crippen LogP contribution in [0.5, 0.6) is 0 Å². The van der Waals surface area contributed by atoms with Gasteiger partial charge in [0.2, 0.25) is 5.95 Å². The molecule has 0 aliphatic rings. The van der Waals surface area contributed by atoms with Crippen molar-refractivity contribution in [2.45, 2.75) is 46.6 Å². The molecule has 0 bridgehead atoms. The van der Waals surface area contributed by atoms with E-state index in [4.69, 9.17) is 4.98 Å². The first kappa shape index (κ1) is 21.7. The second kappa shape index (κ2) is 8.22. The lowest BCUT2D eigenvalue weighted by atomic mass is 9.91. The number of aromatic amines is 1. The SMILES string of the molecule is CC(C)CN(Cc1cccc(-n2cncn2)c1)c1nc2c(C(C)(C)C)nn(C)c2c(=O)[nH]1. The van der Waals surface area contributed by atoms with Crippen molar-refractivity contribution in [2.24, 2.45) is 13.0 Å². The highest BCUT2D eigenvalue weighted by atomic mass is 16.1. The van der Waals surface area contributed by atoms with Gasteiger partial charge in [0.15, 0.2) is 5.52 Å². The summed E-state index contributed by atoms with van der Waals surface area (Å²) in [6.07, 6.45) is 3.19. The molecule has 0 atom stereocenters. The van der Waals surface area contributed by atoms with E-state index in [2.05, 4.69) is 71.8 Å². The third-order valence-electron chi connectivity index (χ3n) is 5.24. The minimum absolute atomic E-state index is 0.180. The third kappa shape index (κ3) is 4.28. The van der Waals surface area contributed by atoms with Gasteiger partial charge in [-0.1, -0.05) is 46.8 Å². The Morgan fingerprint density at radius 3 is 2.66 bits per heavy atom. The van der Waals surface area contributed by atoms with Crippen LogP contribution in [0.4, 0.5) is 5.95 Å². The highest BCUT2D eigenvalue weighted by molar-refractivity contribution is 5.78. The van der Waals surface area contributed by atoms with Gasteiger partial charge in [0.25, 0.3) is 5.56 Å². The Morgan fingerprint density at radius 2 is 2.00 bits per heavy atom. The first-order valence-electron chi connectivity index (χ1n) is 10.8. The second-order valence-electron chi connectivity index (χ2n) is 9.59. The zero-order valence-corrected chi connectivity index (χ0v) is 19.5. The molecule has 3 heterocycles. The first-order valence-corrected chi connectivity index (χ1v) is 10.8. The summed E-state index contributed by atoms with van der Waals surface area (Å²) in [5, 5.41) is 8.82. The number of benzene rings is 1. The lowest BCUT2D eigenvalue weighted by molar-refractivity contribution is 0.557. The third-order valence-corrected chi connectivity index (χ3v) is 5.24. The van der Waals surface area contributed by atoms with Gasteiger partial charge in [0, 0.05) is 25.6 Å². The maximum Gasteiger partial charge on any atom is 0.278 e. The molecule has 0 aliphatic carbocycles. The first-order chi connectivity index (χ1) is 15.1. The molecule has 0 aliphatic heterocycles. The zero-order valence-electron chi connectivity index (χ0n) is 19.5. The molecule has 9 nitrogen and oxygen atoms in total. The number of nitrogens with zero attached hydrogens (tertiary/aromatic N) is 7. The fourth-order valence-corrected chi connectivity index (χ4v) is 3.85. The van der Waals surface area contributed by atoms with E-state index in [0.717, 1.165) is 23.5 Å². The Balaban J connectivity index is 1.77. The monoisotopic (exact) mass is 434 g/mol. The van der Waals surface area contributed by atoms with Crippen molar-refractivity contribution >= 4 is 17.0 Å². The summed E-state index contributed by atoms with van der Waals surface area (Å²) in [6.45, 7) is 11.9. The van der Waals surface area contributed by atoms with Crippen LogP contribution in [0.1, 0.15) is 45.9 Å². The molecule has 1 aromatic carbocycles. The molecule has 0 unspecified atom stereocenters. The summed E-state index contributed by atoms with van der Waals surface area (Å²) in [5.41, 5.74) is 3.58. The van der Waals surface area contributed by atoms with Crippen LogP contribution in [0.25, 0.3) is 16.7 Å². The van der Waals surface area contributed by atoms with Crippen LogP contribution in [0.3, 0.4) is 0 Å². The van der Waals surface area contributed by atoms with Crippen LogP contribution in [0.15, 0.2) is 41.7 Å². The van der Waals surface area contributed by atoms with Crippen LogP contribution in [-0.2, 0) is 19.0 Å². The number of H-pyrrole nitrogens is 1. The van der Waals surface area contributed by atoms with Gasteiger partial charge in [0.05, 0.1) is 11.4 Å². The molecular formula is C23H30N8O. The number of anilines is 1. The fourth-order valence-electron chi connectivity index (χ4n) is 3.85. The highest BCUT2D eigenvalue weighted by Crippen LogP contribution is 2.27. The molecule has 168 valence electrons. The zero-order chi connectivity index (χ0) is 23.0. The largest absolute Gasteiger partial charge is 0.338 e. The fraction of sp³-hybridized carbons (Fsp3) is 0.435. The van der Waals surface area contributed by atoms with Crippen molar-refractivity contribution in [1.82, 2.24) is 34.5 Å². The van der Waals surface area contributed by atoms with Gasteiger partial charge in [-0.15, -0.1) is 0 Å². The van der Waals surface area contributed by atoms with Gasteiger partial charge >= 0.3 is 0 Å². The summed E-state index contributed by atoms with van der Waals surface area (Å²) < 4.78 is 3.35. The molecule has 0 radical (unpaired) electrons. The van der Waals surface area contributed by atoms with E-state index in [-0.39, 0.29) is 11.0 Å². The maximum absolute atomic E-state index is 13.0. The Hall–Kier alpha value is -3.49. The molecule has 0 spiro atoms. The van der Waals surface area contributed by atoms with E-state index in [1.165, 1.54) is 6.33 Å². The molecule has 3 aromatic heterocycles. The van der Waals surface area contributed by atoms with Gasteiger partial charge in [-0.05, 0) is 23.6 Å². The Bertz CT molecular complexity index is 1280.